The van der Waals surface area contributed by atoms with E-state index in [2.05, 4.69) is 19.2 Å². The van der Waals surface area contributed by atoms with E-state index in [9.17, 15) is 14.4 Å². The summed E-state index contributed by atoms with van der Waals surface area (Å²) in [5.41, 5.74) is 1.13. The lowest BCUT2D eigenvalue weighted by Gasteiger charge is -2.19. The van der Waals surface area contributed by atoms with E-state index in [0.717, 1.165) is 40.9 Å². The zero-order chi connectivity index (χ0) is 29.0. The second-order valence-electron chi connectivity index (χ2n) is 11.5. The van der Waals surface area contributed by atoms with Crippen molar-refractivity contribution in [2.24, 2.45) is 0 Å². The van der Waals surface area contributed by atoms with Gasteiger partial charge in [-0.05, 0) is 77.7 Å². The van der Waals surface area contributed by atoms with Crippen LogP contribution in [0.2, 0.25) is 0 Å². The molecule has 0 bridgehead atoms. The number of carbonyl (C=O) groups excluding carboxylic acids is 2. The highest BCUT2D eigenvalue weighted by Gasteiger charge is 2.20. The molecule has 0 saturated heterocycles. The molecular formula is C29H37N3O5S2. The molecular weight excluding hydrogens is 534 g/mol. The van der Waals surface area contributed by atoms with Crippen molar-refractivity contribution < 1.29 is 19.1 Å². The monoisotopic (exact) mass is 571 g/mol. The van der Waals surface area contributed by atoms with E-state index in [-0.39, 0.29) is 16.9 Å². The number of hydrogen-bond donors (Lipinski definition) is 0. The molecule has 0 aliphatic heterocycles. The molecule has 0 aromatic carbocycles. The number of carbonyl (C=O) groups is 2. The number of nitrogens with zero attached hydrogens (tertiary/aromatic N) is 3. The molecule has 3 aromatic heterocycles. The molecule has 3 aromatic rings. The van der Waals surface area contributed by atoms with Crippen LogP contribution in [-0.4, -0.2) is 43.3 Å². The summed E-state index contributed by atoms with van der Waals surface area (Å²) in [7, 11) is 0. The normalized spacial score (nSPS) is 12.4. The van der Waals surface area contributed by atoms with E-state index < -0.39 is 23.1 Å². The summed E-state index contributed by atoms with van der Waals surface area (Å²) < 4.78 is 12.2. The van der Waals surface area contributed by atoms with Crippen LogP contribution in [0, 0.1) is 0 Å². The lowest BCUT2D eigenvalue weighted by molar-refractivity contribution is -0.151. The highest BCUT2D eigenvalue weighted by Crippen LogP contribution is 2.23. The molecule has 210 valence electrons. The molecule has 10 heteroatoms. The quantitative estimate of drug-likeness (QED) is 0.137. The third-order valence-corrected chi connectivity index (χ3v) is 7.11. The molecule has 3 rings (SSSR count). The SMILES string of the molecule is CC(C)c1csc(CCc2ccn3c(=O)c(C=CC(=O)OC(C)(C)C)c(SCC(=O)OC(C)(C)C)nc3c2)n1. The van der Waals surface area contributed by atoms with Gasteiger partial charge in [0, 0.05) is 24.1 Å². The predicted octanol–water partition coefficient (Wildman–Crippen LogP) is 5.85. The van der Waals surface area contributed by atoms with Gasteiger partial charge in [0.15, 0.2) is 0 Å². The Morgan fingerprint density at radius 2 is 1.77 bits per heavy atom. The Kier molecular flexibility index (Phi) is 9.77. The Morgan fingerprint density at radius 1 is 1.08 bits per heavy atom. The van der Waals surface area contributed by atoms with E-state index in [1.54, 1.807) is 59.1 Å². The van der Waals surface area contributed by atoms with Gasteiger partial charge in [-0.15, -0.1) is 11.3 Å². The van der Waals surface area contributed by atoms with E-state index in [4.69, 9.17) is 19.4 Å². The van der Waals surface area contributed by atoms with Crippen molar-refractivity contribution in [3.63, 3.8) is 0 Å². The van der Waals surface area contributed by atoms with Crippen LogP contribution in [0.3, 0.4) is 0 Å². The molecule has 0 spiro atoms. The van der Waals surface area contributed by atoms with Crippen LogP contribution in [-0.2, 0) is 31.9 Å². The summed E-state index contributed by atoms with van der Waals surface area (Å²) in [6.07, 6.45) is 5.83. The van der Waals surface area contributed by atoms with Crippen molar-refractivity contribution in [1.29, 1.82) is 0 Å². The van der Waals surface area contributed by atoms with Crippen molar-refractivity contribution in [1.82, 2.24) is 14.4 Å². The van der Waals surface area contributed by atoms with Crippen LogP contribution in [0.1, 0.15) is 83.1 Å². The molecule has 0 amide bonds. The van der Waals surface area contributed by atoms with E-state index in [1.807, 2.05) is 12.1 Å². The average molecular weight is 572 g/mol. The van der Waals surface area contributed by atoms with Gasteiger partial charge in [-0.2, -0.15) is 0 Å². The van der Waals surface area contributed by atoms with Crippen LogP contribution in [0.5, 0.6) is 0 Å². The van der Waals surface area contributed by atoms with Gasteiger partial charge >= 0.3 is 11.9 Å². The summed E-state index contributed by atoms with van der Waals surface area (Å²) in [6.45, 7) is 14.9. The van der Waals surface area contributed by atoms with Crippen molar-refractivity contribution in [3.05, 3.63) is 62.0 Å². The first kappa shape index (κ1) is 30.6. The molecule has 39 heavy (non-hydrogen) atoms. The minimum absolute atomic E-state index is 0.0327. The van der Waals surface area contributed by atoms with Gasteiger partial charge in [0.25, 0.3) is 5.56 Å². The van der Waals surface area contributed by atoms with Crippen molar-refractivity contribution in [3.8, 4) is 0 Å². The number of fused-ring (bicyclic) bond motifs is 1. The first-order valence-electron chi connectivity index (χ1n) is 12.9. The molecule has 0 saturated carbocycles. The zero-order valence-corrected chi connectivity index (χ0v) is 25.5. The maximum absolute atomic E-state index is 13.5. The van der Waals surface area contributed by atoms with Gasteiger partial charge in [-0.25, -0.2) is 14.8 Å². The third kappa shape index (κ3) is 9.32. The van der Waals surface area contributed by atoms with Crippen molar-refractivity contribution in [2.75, 3.05) is 5.75 Å². The Labute approximate surface area is 237 Å². The summed E-state index contributed by atoms with van der Waals surface area (Å²) in [5.74, 6) is -0.639. The van der Waals surface area contributed by atoms with E-state index >= 15 is 0 Å². The number of aromatic nitrogens is 3. The number of hydrogen-bond acceptors (Lipinski definition) is 9. The van der Waals surface area contributed by atoms with Crippen LogP contribution < -0.4 is 5.56 Å². The van der Waals surface area contributed by atoms with Gasteiger partial charge in [0.05, 0.1) is 22.0 Å². The highest BCUT2D eigenvalue weighted by molar-refractivity contribution is 7.99. The number of ether oxygens (including phenoxy) is 2. The van der Waals surface area contributed by atoms with E-state index in [1.165, 1.54) is 16.6 Å². The molecule has 0 aliphatic carbocycles. The highest BCUT2D eigenvalue weighted by atomic mass is 32.2. The van der Waals surface area contributed by atoms with Crippen LogP contribution in [0.15, 0.2) is 39.6 Å². The Bertz CT molecular complexity index is 1430. The van der Waals surface area contributed by atoms with Crippen LogP contribution in [0.4, 0.5) is 0 Å². The second kappa shape index (κ2) is 12.5. The summed E-state index contributed by atoms with van der Waals surface area (Å²) in [5, 5.41) is 3.51. The maximum Gasteiger partial charge on any atom is 0.331 e. The minimum atomic E-state index is -0.669. The fraction of sp³-hybridized carbons (Fsp3) is 0.483. The van der Waals surface area contributed by atoms with Gasteiger partial charge in [0.2, 0.25) is 0 Å². The van der Waals surface area contributed by atoms with Crippen LogP contribution in [0.25, 0.3) is 11.7 Å². The molecule has 0 aliphatic rings. The first-order chi connectivity index (χ1) is 18.1. The van der Waals surface area contributed by atoms with Gasteiger partial charge in [-0.1, -0.05) is 25.6 Å². The molecule has 0 N–H and O–H groups in total. The second-order valence-corrected chi connectivity index (χ2v) is 13.4. The van der Waals surface area contributed by atoms with Gasteiger partial charge in [-0.3, -0.25) is 14.0 Å². The number of thiazole rings is 1. The standard InChI is InChI=1S/C29H37N3O5S2/c1-18(2)21-16-38-23(30-21)11-9-19-13-14-32-22(15-19)31-26(39-17-25(34)37-29(6,7)8)20(27(32)35)10-12-24(33)36-28(3,4)5/h10,12-16,18H,9,11,17H2,1-8H3. The smallest absolute Gasteiger partial charge is 0.331 e. The predicted molar refractivity (Wildman–Crippen MR) is 157 cm³/mol. The van der Waals surface area contributed by atoms with Gasteiger partial charge in [0.1, 0.15) is 21.9 Å². The van der Waals surface area contributed by atoms with Crippen molar-refractivity contribution in [2.45, 2.75) is 90.4 Å². The van der Waals surface area contributed by atoms with Gasteiger partial charge < -0.3 is 9.47 Å². The average Bonchev–Trinajstić information content (AvgIpc) is 3.28. The Hall–Kier alpha value is -2.98. The number of rotatable bonds is 9. The molecule has 3 heterocycles. The summed E-state index contributed by atoms with van der Waals surface area (Å²) in [6, 6.07) is 3.76. The third-order valence-electron chi connectivity index (χ3n) is 5.22. The van der Waals surface area contributed by atoms with Crippen LogP contribution >= 0.6 is 23.1 Å². The zero-order valence-electron chi connectivity index (χ0n) is 23.9. The Balaban J connectivity index is 1.92. The summed E-state index contributed by atoms with van der Waals surface area (Å²) in [4.78, 5) is 47.5. The molecule has 0 unspecified atom stereocenters. The number of aryl methyl sites for hydroxylation is 2. The Morgan fingerprint density at radius 3 is 2.38 bits per heavy atom. The first-order valence-corrected chi connectivity index (χ1v) is 14.7. The number of pyridine rings is 1. The van der Waals surface area contributed by atoms with Crippen molar-refractivity contribution >= 4 is 46.8 Å². The summed E-state index contributed by atoms with van der Waals surface area (Å²) >= 11 is 2.76. The fourth-order valence-corrected chi connectivity index (χ4v) is 5.27. The topological polar surface area (TPSA) is 99.9 Å². The lowest BCUT2D eigenvalue weighted by Crippen LogP contribution is -2.25. The molecule has 0 atom stereocenters. The number of thioether (sulfide) groups is 1. The largest absolute Gasteiger partial charge is 0.459 e. The molecule has 0 radical (unpaired) electrons. The number of esters is 2. The maximum atomic E-state index is 13.5. The molecule has 0 fully saturated rings. The fourth-order valence-electron chi connectivity index (χ4n) is 3.52. The minimum Gasteiger partial charge on any atom is -0.459 e. The lowest BCUT2D eigenvalue weighted by atomic mass is 10.1. The van der Waals surface area contributed by atoms with E-state index in [0.29, 0.717) is 16.6 Å². The molecule has 8 nitrogen and oxygen atoms in total.